The summed E-state index contributed by atoms with van der Waals surface area (Å²) in [6, 6.07) is 17.9. The van der Waals surface area contributed by atoms with E-state index in [0.29, 0.717) is 11.1 Å². The summed E-state index contributed by atoms with van der Waals surface area (Å²) in [6.45, 7) is 12.1. The van der Waals surface area contributed by atoms with Gasteiger partial charge in [-0.25, -0.2) is 9.59 Å². The normalized spacial score (nSPS) is 13.8. The number of hydrogen-bond donors (Lipinski definition) is 0. The van der Waals surface area contributed by atoms with Gasteiger partial charge >= 0.3 is 11.9 Å². The van der Waals surface area contributed by atoms with Crippen LogP contribution in [0.15, 0.2) is 60.7 Å². The Balaban J connectivity index is 2.29. The standard InChI is InChI=1S/C25H32O4/c1-17(2)25(18(3)4,19(5)28-23(26)21-13-9-7-10-14-21)20(6)29-24(27)22-15-11-8-12-16-22/h7-20H,1-6H3. The van der Waals surface area contributed by atoms with E-state index in [9.17, 15) is 9.59 Å². The molecule has 0 aliphatic heterocycles. The molecule has 29 heavy (non-hydrogen) atoms. The average Bonchev–Trinajstić information content (AvgIpc) is 2.69. The maximum absolute atomic E-state index is 12.7. The zero-order chi connectivity index (χ0) is 21.6. The van der Waals surface area contributed by atoms with Crippen LogP contribution in [-0.4, -0.2) is 24.1 Å². The molecule has 0 saturated heterocycles. The molecule has 2 atom stereocenters. The van der Waals surface area contributed by atoms with Crippen molar-refractivity contribution in [3.05, 3.63) is 71.8 Å². The van der Waals surface area contributed by atoms with Gasteiger partial charge in [-0.3, -0.25) is 0 Å². The van der Waals surface area contributed by atoms with Crippen LogP contribution in [0.3, 0.4) is 0 Å². The van der Waals surface area contributed by atoms with Crippen molar-refractivity contribution in [1.29, 1.82) is 0 Å². The minimum atomic E-state index is -0.547. The summed E-state index contributed by atoms with van der Waals surface area (Å²) in [5.41, 5.74) is 0.471. The van der Waals surface area contributed by atoms with Crippen molar-refractivity contribution in [2.24, 2.45) is 17.3 Å². The van der Waals surface area contributed by atoms with Crippen LogP contribution in [0, 0.1) is 17.3 Å². The fourth-order valence-electron chi connectivity index (χ4n) is 4.68. The maximum Gasteiger partial charge on any atom is 0.338 e. The van der Waals surface area contributed by atoms with Crippen molar-refractivity contribution in [2.75, 3.05) is 0 Å². The number of ether oxygens (including phenoxy) is 2. The van der Waals surface area contributed by atoms with Gasteiger partial charge in [-0.15, -0.1) is 0 Å². The highest BCUT2D eigenvalue weighted by atomic mass is 16.6. The highest BCUT2D eigenvalue weighted by Gasteiger charge is 2.50. The van der Waals surface area contributed by atoms with Crippen molar-refractivity contribution < 1.29 is 19.1 Å². The molecule has 0 N–H and O–H groups in total. The first-order valence-electron chi connectivity index (χ1n) is 10.2. The van der Waals surface area contributed by atoms with Crippen molar-refractivity contribution in [2.45, 2.75) is 53.8 Å². The van der Waals surface area contributed by atoms with Gasteiger partial charge in [0.25, 0.3) is 0 Å². The third-order valence-corrected chi connectivity index (χ3v) is 5.99. The number of benzene rings is 2. The minimum Gasteiger partial charge on any atom is -0.458 e. The van der Waals surface area contributed by atoms with Crippen molar-refractivity contribution >= 4 is 11.9 Å². The van der Waals surface area contributed by atoms with Gasteiger partial charge in [-0.1, -0.05) is 64.1 Å². The average molecular weight is 397 g/mol. The van der Waals surface area contributed by atoms with Crippen LogP contribution in [-0.2, 0) is 9.47 Å². The van der Waals surface area contributed by atoms with Crippen LogP contribution in [0.25, 0.3) is 0 Å². The molecule has 0 saturated carbocycles. The summed E-state index contributed by atoms with van der Waals surface area (Å²) in [7, 11) is 0. The molecule has 0 radical (unpaired) electrons. The van der Waals surface area contributed by atoms with Gasteiger partial charge in [0.05, 0.1) is 11.1 Å². The van der Waals surface area contributed by atoms with E-state index in [1.807, 2.05) is 50.2 Å². The second-order valence-electron chi connectivity index (χ2n) is 8.14. The van der Waals surface area contributed by atoms with Gasteiger partial charge in [0.15, 0.2) is 0 Å². The largest absolute Gasteiger partial charge is 0.458 e. The Bertz CT molecular complexity index is 727. The first kappa shape index (κ1) is 22.7. The summed E-state index contributed by atoms with van der Waals surface area (Å²) in [5.74, 6) is -0.519. The Labute approximate surface area is 174 Å². The van der Waals surface area contributed by atoms with Gasteiger partial charge in [0.1, 0.15) is 12.2 Å². The molecule has 0 aliphatic rings. The SMILES string of the molecule is CC(C)C(C(C)C)(C(C)OC(=O)c1ccccc1)C(C)OC(=O)c1ccccc1. The predicted molar refractivity (Wildman–Crippen MR) is 115 cm³/mol. The molecule has 4 nitrogen and oxygen atoms in total. The summed E-state index contributed by atoms with van der Waals surface area (Å²) < 4.78 is 11.8. The molecule has 0 bridgehead atoms. The third-order valence-electron chi connectivity index (χ3n) is 5.99. The van der Waals surface area contributed by atoms with Crippen LogP contribution >= 0.6 is 0 Å². The van der Waals surface area contributed by atoms with E-state index >= 15 is 0 Å². The molecule has 0 amide bonds. The lowest BCUT2D eigenvalue weighted by Crippen LogP contribution is -2.53. The molecule has 0 spiro atoms. The van der Waals surface area contributed by atoms with E-state index < -0.39 is 17.6 Å². The summed E-state index contributed by atoms with van der Waals surface area (Å²) in [5, 5.41) is 0. The molecule has 4 heteroatoms. The molecule has 0 heterocycles. The van der Waals surface area contributed by atoms with Crippen LogP contribution < -0.4 is 0 Å². The van der Waals surface area contributed by atoms with Crippen LogP contribution in [0.1, 0.15) is 62.3 Å². The summed E-state index contributed by atoms with van der Waals surface area (Å²) >= 11 is 0. The summed E-state index contributed by atoms with van der Waals surface area (Å²) in [4.78, 5) is 25.4. The molecule has 0 fully saturated rings. The lowest BCUT2D eigenvalue weighted by atomic mass is 9.62. The number of esters is 2. The Morgan fingerprint density at radius 3 is 1.21 bits per heavy atom. The van der Waals surface area contributed by atoms with Crippen molar-refractivity contribution in [3.8, 4) is 0 Å². The van der Waals surface area contributed by atoms with Crippen LogP contribution in [0.5, 0.6) is 0 Å². The Hall–Kier alpha value is -2.62. The van der Waals surface area contributed by atoms with E-state index in [1.165, 1.54) is 0 Å². The van der Waals surface area contributed by atoms with E-state index in [0.717, 1.165) is 0 Å². The maximum atomic E-state index is 12.7. The quantitative estimate of drug-likeness (QED) is 0.531. The van der Waals surface area contributed by atoms with Gasteiger partial charge in [0, 0.05) is 5.41 Å². The topological polar surface area (TPSA) is 52.6 Å². The van der Waals surface area contributed by atoms with E-state index in [1.54, 1.807) is 24.3 Å². The fourth-order valence-corrected chi connectivity index (χ4v) is 4.68. The predicted octanol–water partition coefficient (Wildman–Crippen LogP) is 5.78. The van der Waals surface area contributed by atoms with Gasteiger partial charge in [0.2, 0.25) is 0 Å². The lowest BCUT2D eigenvalue weighted by molar-refractivity contribution is -0.124. The summed E-state index contributed by atoms with van der Waals surface area (Å²) in [6.07, 6.45) is -0.900. The van der Waals surface area contributed by atoms with Crippen LogP contribution in [0.4, 0.5) is 0 Å². The molecule has 2 aromatic rings. The van der Waals surface area contributed by atoms with Crippen LogP contribution in [0.2, 0.25) is 0 Å². The molecular formula is C25H32O4. The molecule has 0 aromatic heterocycles. The Morgan fingerprint density at radius 1 is 0.621 bits per heavy atom. The van der Waals surface area contributed by atoms with Crippen molar-refractivity contribution in [3.63, 3.8) is 0 Å². The smallest absolute Gasteiger partial charge is 0.338 e. The fraction of sp³-hybridized carbons (Fsp3) is 0.440. The number of carbonyl (C=O) groups excluding carboxylic acids is 2. The number of rotatable bonds is 8. The van der Waals surface area contributed by atoms with E-state index in [-0.39, 0.29) is 23.8 Å². The second-order valence-corrected chi connectivity index (χ2v) is 8.14. The third kappa shape index (κ3) is 4.87. The van der Waals surface area contributed by atoms with Crippen molar-refractivity contribution in [1.82, 2.24) is 0 Å². The molecule has 156 valence electrons. The van der Waals surface area contributed by atoms with Gasteiger partial charge < -0.3 is 9.47 Å². The second kappa shape index (κ2) is 9.73. The molecule has 0 aliphatic carbocycles. The molecule has 2 aromatic carbocycles. The Kier molecular flexibility index (Phi) is 7.60. The van der Waals surface area contributed by atoms with E-state index in [2.05, 4.69) is 27.7 Å². The van der Waals surface area contributed by atoms with E-state index in [4.69, 9.17) is 9.47 Å². The first-order valence-corrected chi connectivity index (χ1v) is 10.2. The highest BCUT2D eigenvalue weighted by molar-refractivity contribution is 5.90. The highest BCUT2D eigenvalue weighted by Crippen LogP contribution is 2.45. The molecule has 2 rings (SSSR count). The lowest BCUT2D eigenvalue weighted by Gasteiger charge is -2.48. The molecular weight excluding hydrogens is 364 g/mol. The zero-order valence-corrected chi connectivity index (χ0v) is 18.2. The number of hydrogen-bond acceptors (Lipinski definition) is 4. The van der Waals surface area contributed by atoms with Gasteiger partial charge in [-0.2, -0.15) is 0 Å². The monoisotopic (exact) mass is 396 g/mol. The minimum absolute atomic E-state index is 0.111. The zero-order valence-electron chi connectivity index (χ0n) is 18.2. The van der Waals surface area contributed by atoms with Gasteiger partial charge in [-0.05, 0) is 49.9 Å². The number of carbonyl (C=O) groups is 2. The Morgan fingerprint density at radius 2 is 0.931 bits per heavy atom. The molecule has 2 unspecified atom stereocenters. The first-order chi connectivity index (χ1) is 13.7.